The minimum Gasteiger partial charge on any atom is -0.393 e. The first-order chi connectivity index (χ1) is 12.6. The lowest BCUT2D eigenvalue weighted by molar-refractivity contribution is -0.157. The van der Waals surface area contributed by atoms with E-state index in [0.29, 0.717) is 0 Å². The monoisotopic (exact) mass is 378 g/mol. The minimum absolute atomic E-state index is 0.0372. The van der Waals surface area contributed by atoms with Gasteiger partial charge in [0.2, 0.25) is 0 Å². The van der Waals surface area contributed by atoms with Crippen molar-refractivity contribution >= 4 is 11.6 Å². The lowest BCUT2D eigenvalue weighted by atomic mass is 9.54. The molecule has 6 nitrogen and oxygen atoms in total. The molecule has 0 heterocycles. The topological polar surface area (TPSA) is 115 Å². The average molecular weight is 378 g/mol. The van der Waals surface area contributed by atoms with Crippen LogP contribution in [0.25, 0.3) is 0 Å². The molecule has 0 bridgehead atoms. The van der Waals surface area contributed by atoms with Crippen molar-refractivity contribution < 1.29 is 30.0 Å². The second-order valence-electron chi connectivity index (χ2n) is 8.76. The zero-order valence-electron chi connectivity index (χ0n) is 16.0. The molecule has 3 aliphatic rings. The highest BCUT2D eigenvalue weighted by Gasteiger charge is 2.53. The van der Waals surface area contributed by atoms with E-state index in [0.717, 1.165) is 18.4 Å². The van der Waals surface area contributed by atoms with Crippen LogP contribution in [0.5, 0.6) is 0 Å². The minimum atomic E-state index is -2.05. The zero-order chi connectivity index (χ0) is 20.0. The van der Waals surface area contributed by atoms with Crippen molar-refractivity contribution in [1.82, 2.24) is 0 Å². The molecular formula is C21H30O6. The molecule has 0 radical (unpaired) electrons. The fourth-order valence-corrected chi connectivity index (χ4v) is 5.57. The number of hydrogen-bond acceptors (Lipinski definition) is 6. The van der Waals surface area contributed by atoms with Crippen molar-refractivity contribution in [2.24, 2.45) is 23.2 Å². The Morgan fingerprint density at radius 2 is 2.00 bits per heavy atom. The molecule has 27 heavy (non-hydrogen) atoms. The molecule has 3 aliphatic carbocycles. The van der Waals surface area contributed by atoms with E-state index in [-0.39, 0.29) is 42.8 Å². The van der Waals surface area contributed by atoms with Crippen LogP contribution in [0.3, 0.4) is 0 Å². The standard InChI is InChI=1S/C21H30O6/c1-12-9-17(25)21(27,18(26)11-22)8-6-16(24)19-15(12)4-3-13-10-14(23)5-7-20(13,19)2/h5,7,10,12,15-17,19,22,24-25,27H,3-4,6,8-9,11H2,1-2H3/t12-,15-,16-,17+,19+,20-,21-/m0/s1. The summed E-state index contributed by atoms with van der Waals surface area (Å²) in [5.74, 6) is -0.976. The van der Waals surface area contributed by atoms with E-state index in [1.807, 2.05) is 19.9 Å². The number of carbonyl (C=O) groups is 2. The fourth-order valence-electron chi connectivity index (χ4n) is 5.57. The van der Waals surface area contributed by atoms with Crippen LogP contribution >= 0.6 is 0 Å². The highest BCUT2D eigenvalue weighted by Crippen LogP contribution is 2.55. The van der Waals surface area contributed by atoms with Gasteiger partial charge in [0.1, 0.15) is 6.61 Å². The van der Waals surface area contributed by atoms with Gasteiger partial charge in [-0.1, -0.05) is 25.5 Å². The van der Waals surface area contributed by atoms with Gasteiger partial charge < -0.3 is 20.4 Å². The number of aliphatic hydroxyl groups excluding tert-OH is 3. The molecule has 7 atom stereocenters. The van der Waals surface area contributed by atoms with Crippen LogP contribution in [0.1, 0.15) is 46.0 Å². The van der Waals surface area contributed by atoms with Gasteiger partial charge in [0, 0.05) is 11.3 Å². The van der Waals surface area contributed by atoms with Crippen molar-refractivity contribution in [2.75, 3.05) is 6.61 Å². The second-order valence-corrected chi connectivity index (χ2v) is 8.76. The molecule has 0 amide bonds. The Hall–Kier alpha value is -1.34. The largest absolute Gasteiger partial charge is 0.393 e. The second kappa shape index (κ2) is 7.24. The normalized spacial score (nSPS) is 45.0. The van der Waals surface area contributed by atoms with Gasteiger partial charge in [0.15, 0.2) is 17.2 Å². The van der Waals surface area contributed by atoms with Crippen LogP contribution in [0.15, 0.2) is 23.8 Å². The van der Waals surface area contributed by atoms with Crippen LogP contribution in [0.2, 0.25) is 0 Å². The molecule has 0 aromatic heterocycles. The lowest BCUT2D eigenvalue weighted by Gasteiger charge is -2.51. The molecule has 3 rings (SSSR count). The van der Waals surface area contributed by atoms with E-state index >= 15 is 0 Å². The fraction of sp³-hybridized carbons (Fsp3) is 0.714. The number of Topliss-reactive ketones (excluding diaryl/α,β-unsaturated/α-hetero) is 1. The maximum absolute atomic E-state index is 12.1. The van der Waals surface area contributed by atoms with Crippen LogP contribution in [0.4, 0.5) is 0 Å². The number of rotatable bonds is 2. The number of allylic oxidation sites excluding steroid dienone is 4. The van der Waals surface area contributed by atoms with Crippen molar-refractivity contribution in [2.45, 2.75) is 63.8 Å². The maximum Gasteiger partial charge on any atom is 0.192 e. The molecular weight excluding hydrogens is 348 g/mol. The number of aliphatic hydroxyl groups is 4. The molecule has 0 saturated heterocycles. The van der Waals surface area contributed by atoms with E-state index in [1.54, 1.807) is 12.2 Å². The first-order valence-corrected chi connectivity index (χ1v) is 9.80. The van der Waals surface area contributed by atoms with Crippen LogP contribution in [-0.4, -0.2) is 56.4 Å². The zero-order valence-corrected chi connectivity index (χ0v) is 16.0. The summed E-state index contributed by atoms with van der Waals surface area (Å²) in [6.07, 6.45) is 4.80. The van der Waals surface area contributed by atoms with Crippen LogP contribution < -0.4 is 0 Å². The predicted octanol–water partition coefficient (Wildman–Crippen LogP) is 0.918. The summed E-state index contributed by atoms with van der Waals surface area (Å²) in [4.78, 5) is 24.0. The molecule has 2 saturated carbocycles. The number of hydrogen-bond donors (Lipinski definition) is 4. The van der Waals surface area contributed by atoms with Gasteiger partial charge >= 0.3 is 0 Å². The molecule has 0 aromatic rings. The SMILES string of the molecule is C[C@H]1C[C@@H](O)[C@](O)(C(=O)CO)CC[C@H](O)[C@H]2[C@H]1CCC1=CC(=O)C=C[C@@]12C. The van der Waals surface area contributed by atoms with Gasteiger partial charge in [-0.15, -0.1) is 0 Å². The molecule has 0 spiro atoms. The third-order valence-electron chi connectivity index (χ3n) is 7.24. The van der Waals surface area contributed by atoms with E-state index in [1.165, 1.54) is 0 Å². The molecule has 6 heteroatoms. The average Bonchev–Trinajstić information content (AvgIpc) is 2.67. The molecule has 0 aliphatic heterocycles. The van der Waals surface area contributed by atoms with Crippen LogP contribution in [0, 0.1) is 23.2 Å². The van der Waals surface area contributed by atoms with Gasteiger partial charge in [0.25, 0.3) is 0 Å². The van der Waals surface area contributed by atoms with Gasteiger partial charge in [-0.05, 0) is 56.1 Å². The number of carbonyl (C=O) groups excluding carboxylic acids is 2. The number of fused-ring (bicyclic) bond motifs is 3. The van der Waals surface area contributed by atoms with E-state index in [9.17, 15) is 30.0 Å². The third-order valence-corrected chi connectivity index (χ3v) is 7.24. The Morgan fingerprint density at radius 3 is 2.67 bits per heavy atom. The summed E-state index contributed by atoms with van der Waals surface area (Å²) >= 11 is 0. The summed E-state index contributed by atoms with van der Waals surface area (Å²) in [5.41, 5.74) is -1.49. The quantitative estimate of drug-likeness (QED) is 0.568. The number of ketones is 2. The van der Waals surface area contributed by atoms with Crippen molar-refractivity contribution in [1.29, 1.82) is 0 Å². The van der Waals surface area contributed by atoms with E-state index < -0.39 is 35.6 Å². The van der Waals surface area contributed by atoms with Crippen LogP contribution in [-0.2, 0) is 9.59 Å². The Kier molecular flexibility index (Phi) is 5.47. The van der Waals surface area contributed by atoms with Crippen molar-refractivity contribution in [3.63, 3.8) is 0 Å². The van der Waals surface area contributed by atoms with Gasteiger partial charge in [-0.2, -0.15) is 0 Å². The summed E-state index contributed by atoms with van der Waals surface area (Å²) in [7, 11) is 0. The Bertz CT molecular complexity index is 682. The van der Waals surface area contributed by atoms with Gasteiger partial charge in [-0.25, -0.2) is 0 Å². The summed E-state index contributed by atoms with van der Waals surface area (Å²) < 4.78 is 0. The van der Waals surface area contributed by atoms with Gasteiger partial charge in [0.05, 0.1) is 12.2 Å². The Morgan fingerprint density at radius 1 is 1.30 bits per heavy atom. The maximum atomic E-state index is 12.1. The predicted molar refractivity (Wildman–Crippen MR) is 98.6 cm³/mol. The molecule has 0 unspecified atom stereocenters. The summed E-state index contributed by atoms with van der Waals surface area (Å²) in [6, 6.07) is 0. The molecule has 0 aromatic carbocycles. The third kappa shape index (κ3) is 3.33. The molecule has 4 N–H and O–H groups in total. The highest BCUT2D eigenvalue weighted by atomic mass is 16.4. The Balaban J connectivity index is 1.99. The lowest BCUT2D eigenvalue weighted by Crippen LogP contribution is -2.51. The first-order valence-electron chi connectivity index (χ1n) is 9.80. The van der Waals surface area contributed by atoms with E-state index in [4.69, 9.17) is 0 Å². The molecule has 150 valence electrons. The van der Waals surface area contributed by atoms with Crippen molar-refractivity contribution in [3.05, 3.63) is 23.8 Å². The summed E-state index contributed by atoms with van der Waals surface area (Å²) in [5, 5.41) is 41.7. The van der Waals surface area contributed by atoms with Gasteiger partial charge in [-0.3, -0.25) is 9.59 Å². The van der Waals surface area contributed by atoms with Crippen molar-refractivity contribution in [3.8, 4) is 0 Å². The Labute approximate surface area is 159 Å². The molecule has 2 fully saturated rings. The smallest absolute Gasteiger partial charge is 0.192 e. The van der Waals surface area contributed by atoms with E-state index in [2.05, 4.69) is 0 Å². The summed E-state index contributed by atoms with van der Waals surface area (Å²) in [6.45, 7) is 3.16. The first kappa shape index (κ1) is 20.4. The highest BCUT2D eigenvalue weighted by molar-refractivity contribution is 6.01.